The third-order valence-corrected chi connectivity index (χ3v) is 3.15. The minimum atomic E-state index is -0.758. The second kappa shape index (κ2) is 3.76. The molecule has 1 amide bonds. The molecule has 4 heteroatoms. The number of piperazine rings is 1. The maximum atomic E-state index is 12.0. The van der Waals surface area contributed by atoms with Crippen molar-refractivity contribution < 1.29 is 4.79 Å². The van der Waals surface area contributed by atoms with Gasteiger partial charge in [-0.25, -0.2) is 0 Å². The number of hydrogen-bond donors (Lipinski definition) is 1. The lowest BCUT2D eigenvalue weighted by Crippen LogP contribution is -2.63. The van der Waals surface area contributed by atoms with Crippen molar-refractivity contribution in [3.8, 4) is 0 Å². The Labute approximate surface area is 92.4 Å². The molecule has 0 radical (unpaired) electrons. The molecule has 0 aromatic rings. The second-order valence-corrected chi connectivity index (χ2v) is 5.68. The van der Waals surface area contributed by atoms with E-state index in [9.17, 15) is 4.79 Å². The van der Waals surface area contributed by atoms with Gasteiger partial charge in [-0.05, 0) is 34.7 Å². The second-order valence-electron chi connectivity index (χ2n) is 5.68. The van der Waals surface area contributed by atoms with Crippen LogP contribution in [-0.2, 0) is 4.79 Å². The number of nitrogens with zero attached hydrogens (tertiary/aromatic N) is 2. The molecule has 0 atom stereocenters. The van der Waals surface area contributed by atoms with Gasteiger partial charge in [0.15, 0.2) is 0 Å². The van der Waals surface area contributed by atoms with Crippen LogP contribution in [0.25, 0.3) is 0 Å². The summed E-state index contributed by atoms with van der Waals surface area (Å²) in [6.45, 7) is 10.3. The van der Waals surface area contributed by atoms with E-state index in [1.807, 2.05) is 4.90 Å². The summed E-state index contributed by atoms with van der Waals surface area (Å²) in [6.07, 6.45) is 0. The van der Waals surface area contributed by atoms with Crippen LogP contribution in [0.5, 0.6) is 0 Å². The standard InChI is InChI=1S/C11H23N3O/c1-10(2)8-14(7-6-13(10)5)9(15)11(3,4)12/h6-8,12H2,1-5H3. The quantitative estimate of drug-likeness (QED) is 0.680. The number of carbonyl (C=O) groups is 1. The van der Waals surface area contributed by atoms with Crippen molar-refractivity contribution in [1.29, 1.82) is 0 Å². The molecule has 0 bridgehead atoms. The van der Waals surface area contributed by atoms with E-state index in [2.05, 4.69) is 25.8 Å². The first-order valence-electron chi connectivity index (χ1n) is 5.44. The Morgan fingerprint density at radius 1 is 1.33 bits per heavy atom. The van der Waals surface area contributed by atoms with E-state index >= 15 is 0 Å². The molecule has 4 nitrogen and oxygen atoms in total. The Balaban J connectivity index is 2.72. The van der Waals surface area contributed by atoms with Crippen molar-refractivity contribution in [1.82, 2.24) is 9.80 Å². The van der Waals surface area contributed by atoms with Crippen molar-refractivity contribution in [2.75, 3.05) is 26.7 Å². The van der Waals surface area contributed by atoms with Crippen molar-refractivity contribution in [2.24, 2.45) is 5.73 Å². The van der Waals surface area contributed by atoms with Gasteiger partial charge in [-0.3, -0.25) is 9.69 Å². The van der Waals surface area contributed by atoms with E-state index in [0.29, 0.717) is 0 Å². The predicted molar refractivity (Wildman–Crippen MR) is 61.6 cm³/mol. The van der Waals surface area contributed by atoms with Crippen LogP contribution in [0.2, 0.25) is 0 Å². The molecule has 0 spiro atoms. The SMILES string of the molecule is CN1CCN(C(=O)C(C)(C)N)CC1(C)C. The van der Waals surface area contributed by atoms with Gasteiger partial charge >= 0.3 is 0 Å². The van der Waals surface area contributed by atoms with Crippen LogP contribution in [0.4, 0.5) is 0 Å². The van der Waals surface area contributed by atoms with E-state index in [1.165, 1.54) is 0 Å². The Morgan fingerprint density at radius 2 is 1.87 bits per heavy atom. The molecule has 1 fully saturated rings. The van der Waals surface area contributed by atoms with Crippen molar-refractivity contribution >= 4 is 5.91 Å². The lowest BCUT2D eigenvalue weighted by Gasteiger charge is -2.46. The highest BCUT2D eigenvalue weighted by Gasteiger charge is 2.36. The minimum Gasteiger partial charge on any atom is -0.338 e. The zero-order chi connectivity index (χ0) is 11.9. The molecule has 0 aliphatic carbocycles. The van der Waals surface area contributed by atoms with Gasteiger partial charge < -0.3 is 10.6 Å². The number of likely N-dealkylation sites (N-methyl/N-ethyl adjacent to an activating group) is 1. The molecule has 1 rings (SSSR count). The van der Waals surface area contributed by atoms with Crippen LogP contribution in [0, 0.1) is 0 Å². The lowest BCUT2D eigenvalue weighted by molar-refractivity contribution is -0.140. The summed E-state index contributed by atoms with van der Waals surface area (Å²) in [4.78, 5) is 16.1. The maximum Gasteiger partial charge on any atom is 0.242 e. The molecule has 0 aromatic carbocycles. The highest BCUT2D eigenvalue weighted by atomic mass is 16.2. The highest BCUT2D eigenvalue weighted by Crippen LogP contribution is 2.20. The van der Waals surface area contributed by atoms with E-state index in [4.69, 9.17) is 5.73 Å². The molecule has 2 N–H and O–H groups in total. The average Bonchev–Trinajstić information content (AvgIpc) is 2.07. The molecule has 1 aliphatic rings. The summed E-state index contributed by atoms with van der Waals surface area (Å²) in [5.41, 5.74) is 5.11. The molecule has 15 heavy (non-hydrogen) atoms. The first kappa shape index (κ1) is 12.5. The van der Waals surface area contributed by atoms with Crippen LogP contribution >= 0.6 is 0 Å². The van der Waals surface area contributed by atoms with Gasteiger partial charge in [0.2, 0.25) is 5.91 Å². The summed E-state index contributed by atoms with van der Waals surface area (Å²) in [5, 5.41) is 0. The highest BCUT2D eigenvalue weighted by molar-refractivity contribution is 5.85. The third-order valence-electron chi connectivity index (χ3n) is 3.15. The van der Waals surface area contributed by atoms with Gasteiger partial charge in [0.1, 0.15) is 0 Å². The minimum absolute atomic E-state index is 0.0408. The van der Waals surface area contributed by atoms with Crippen LogP contribution < -0.4 is 5.73 Å². The fraction of sp³-hybridized carbons (Fsp3) is 0.909. The predicted octanol–water partition coefficient (Wildman–Crippen LogP) is 0.276. The number of carbonyl (C=O) groups excluding carboxylic acids is 1. The van der Waals surface area contributed by atoms with Gasteiger partial charge in [0.05, 0.1) is 5.54 Å². The summed E-state index contributed by atoms with van der Waals surface area (Å²) in [5.74, 6) is 0.0451. The zero-order valence-electron chi connectivity index (χ0n) is 10.5. The Kier molecular flexibility index (Phi) is 3.12. The number of nitrogens with two attached hydrogens (primary N) is 1. The van der Waals surface area contributed by atoms with Gasteiger partial charge in [-0.1, -0.05) is 0 Å². The van der Waals surface area contributed by atoms with Crippen molar-refractivity contribution in [3.05, 3.63) is 0 Å². The maximum absolute atomic E-state index is 12.0. The Morgan fingerprint density at radius 3 is 2.27 bits per heavy atom. The number of hydrogen-bond acceptors (Lipinski definition) is 3. The van der Waals surface area contributed by atoms with Crippen LogP contribution in [0.15, 0.2) is 0 Å². The molecule has 1 heterocycles. The smallest absolute Gasteiger partial charge is 0.242 e. The largest absolute Gasteiger partial charge is 0.338 e. The summed E-state index contributed by atoms with van der Waals surface area (Å²) >= 11 is 0. The molecule has 0 saturated carbocycles. The Hall–Kier alpha value is -0.610. The van der Waals surface area contributed by atoms with Crippen molar-refractivity contribution in [3.63, 3.8) is 0 Å². The molecular weight excluding hydrogens is 190 g/mol. The molecule has 0 unspecified atom stereocenters. The zero-order valence-corrected chi connectivity index (χ0v) is 10.5. The molecule has 0 aromatic heterocycles. The number of rotatable bonds is 1. The molecular formula is C11H23N3O. The van der Waals surface area contributed by atoms with E-state index < -0.39 is 5.54 Å². The molecule has 88 valence electrons. The summed E-state index contributed by atoms with van der Waals surface area (Å²) in [7, 11) is 2.09. The van der Waals surface area contributed by atoms with Crippen LogP contribution in [-0.4, -0.2) is 53.5 Å². The fourth-order valence-electron chi connectivity index (χ4n) is 1.82. The van der Waals surface area contributed by atoms with Gasteiger partial charge in [-0.15, -0.1) is 0 Å². The van der Waals surface area contributed by atoms with Gasteiger partial charge in [0, 0.05) is 25.2 Å². The summed E-state index contributed by atoms with van der Waals surface area (Å²) < 4.78 is 0. The molecule has 1 aliphatic heterocycles. The van der Waals surface area contributed by atoms with E-state index in [1.54, 1.807) is 13.8 Å². The van der Waals surface area contributed by atoms with E-state index in [-0.39, 0.29) is 11.4 Å². The average molecular weight is 213 g/mol. The van der Waals surface area contributed by atoms with Crippen LogP contribution in [0.1, 0.15) is 27.7 Å². The third kappa shape index (κ3) is 2.69. The lowest BCUT2D eigenvalue weighted by atomic mass is 9.97. The van der Waals surface area contributed by atoms with Crippen molar-refractivity contribution in [2.45, 2.75) is 38.8 Å². The van der Waals surface area contributed by atoms with Gasteiger partial charge in [-0.2, -0.15) is 0 Å². The van der Waals surface area contributed by atoms with E-state index in [0.717, 1.165) is 19.6 Å². The molecule has 1 saturated heterocycles. The first-order chi connectivity index (χ1) is 6.64. The number of amides is 1. The van der Waals surface area contributed by atoms with Gasteiger partial charge in [0.25, 0.3) is 0 Å². The fourth-order valence-corrected chi connectivity index (χ4v) is 1.82. The Bertz CT molecular complexity index is 255. The first-order valence-corrected chi connectivity index (χ1v) is 5.44. The topological polar surface area (TPSA) is 49.6 Å². The van der Waals surface area contributed by atoms with Crippen LogP contribution in [0.3, 0.4) is 0 Å². The summed E-state index contributed by atoms with van der Waals surface area (Å²) in [6, 6.07) is 0. The normalized spacial score (nSPS) is 22.9. The monoisotopic (exact) mass is 213 g/mol.